The zero-order valence-corrected chi connectivity index (χ0v) is 17.0. The molecule has 1 atom stereocenters. The van der Waals surface area contributed by atoms with E-state index in [1.807, 2.05) is 36.1 Å². The molecule has 0 aliphatic heterocycles. The van der Waals surface area contributed by atoms with Gasteiger partial charge in [-0.15, -0.1) is 0 Å². The number of nitrogens with zero attached hydrogens (tertiary/aromatic N) is 4. The highest BCUT2D eigenvalue weighted by Gasteiger charge is 2.19. The van der Waals surface area contributed by atoms with Crippen molar-refractivity contribution in [3.05, 3.63) is 77.7 Å². The SMILES string of the molecule is CNC(C)Cc1noc(-c2cn(Cc3ccccc3)nc2-c2ccc(C)cc2)n1. The van der Waals surface area contributed by atoms with Crippen LogP contribution in [0.25, 0.3) is 22.7 Å². The van der Waals surface area contributed by atoms with Gasteiger partial charge < -0.3 is 9.84 Å². The van der Waals surface area contributed by atoms with Crippen LogP contribution >= 0.6 is 0 Å². The lowest BCUT2D eigenvalue weighted by Crippen LogP contribution is -2.24. The van der Waals surface area contributed by atoms with E-state index in [2.05, 4.69) is 65.7 Å². The van der Waals surface area contributed by atoms with Crippen LogP contribution in [-0.2, 0) is 13.0 Å². The Morgan fingerprint density at radius 3 is 2.55 bits per heavy atom. The van der Waals surface area contributed by atoms with Gasteiger partial charge in [0.25, 0.3) is 5.89 Å². The summed E-state index contributed by atoms with van der Waals surface area (Å²) in [6.07, 6.45) is 2.69. The predicted octanol–water partition coefficient (Wildman–Crippen LogP) is 4.11. The van der Waals surface area contributed by atoms with Crippen molar-refractivity contribution in [1.82, 2.24) is 25.2 Å². The molecular formula is C23H25N5O. The largest absolute Gasteiger partial charge is 0.334 e. The second-order valence-electron chi connectivity index (χ2n) is 7.35. The van der Waals surface area contributed by atoms with Gasteiger partial charge in [0.1, 0.15) is 5.69 Å². The van der Waals surface area contributed by atoms with Crippen molar-refractivity contribution in [1.29, 1.82) is 0 Å². The molecule has 2 aromatic carbocycles. The monoisotopic (exact) mass is 387 g/mol. The Kier molecular flexibility index (Phi) is 5.53. The quantitative estimate of drug-likeness (QED) is 0.517. The van der Waals surface area contributed by atoms with Gasteiger partial charge >= 0.3 is 0 Å². The highest BCUT2D eigenvalue weighted by atomic mass is 16.5. The van der Waals surface area contributed by atoms with Crippen LogP contribution in [0.2, 0.25) is 0 Å². The van der Waals surface area contributed by atoms with Gasteiger partial charge in [0.05, 0.1) is 12.1 Å². The number of nitrogens with one attached hydrogen (secondary N) is 1. The van der Waals surface area contributed by atoms with Crippen molar-refractivity contribution >= 4 is 0 Å². The van der Waals surface area contributed by atoms with Crippen molar-refractivity contribution in [3.8, 4) is 22.7 Å². The number of aromatic nitrogens is 4. The molecule has 2 heterocycles. The Balaban J connectivity index is 1.71. The van der Waals surface area contributed by atoms with Crippen molar-refractivity contribution in [2.75, 3.05) is 7.05 Å². The van der Waals surface area contributed by atoms with E-state index in [0.717, 1.165) is 16.8 Å². The van der Waals surface area contributed by atoms with Crippen LogP contribution < -0.4 is 5.32 Å². The van der Waals surface area contributed by atoms with Crippen LogP contribution in [0.3, 0.4) is 0 Å². The van der Waals surface area contributed by atoms with E-state index in [9.17, 15) is 0 Å². The topological polar surface area (TPSA) is 68.8 Å². The summed E-state index contributed by atoms with van der Waals surface area (Å²) in [6.45, 7) is 4.84. The molecule has 1 N–H and O–H groups in total. The highest BCUT2D eigenvalue weighted by molar-refractivity contribution is 5.76. The number of hydrogen-bond acceptors (Lipinski definition) is 5. The smallest absolute Gasteiger partial charge is 0.261 e. The molecule has 2 aromatic heterocycles. The minimum Gasteiger partial charge on any atom is -0.334 e. The summed E-state index contributed by atoms with van der Waals surface area (Å²) in [4.78, 5) is 4.62. The van der Waals surface area contributed by atoms with E-state index < -0.39 is 0 Å². The molecule has 0 saturated heterocycles. The van der Waals surface area contributed by atoms with Crippen molar-refractivity contribution in [2.24, 2.45) is 0 Å². The van der Waals surface area contributed by atoms with Gasteiger partial charge in [-0.2, -0.15) is 10.1 Å². The van der Waals surface area contributed by atoms with Gasteiger partial charge in [-0.05, 0) is 26.5 Å². The molecule has 0 fully saturated rings. The lowest BCUT2D eigenvalue weighted by atomic mass is 10.1. The maximum Gasteiger partial charge on any atom is 0.261 e. The molecule has 4 aromatic rings. The Labute approximate surface area is 170 Å². The van der Waals surface area contributed by atoms with Crippen LogP contribution in [0.15, 0.2) is 65.3 Å². The second kappa shape index (κ2) is 8.41. The summed E-state index contributed by atoms with van der Waals surface area (Å²) in [6, 6.07) is 18.9. The number of rotatable bonds is 7. The normalized spacial score (nSPS) is 12.2. The minimum atomic E-state index is 0.276. The number of likely N-dealkylation sites (N-methyl/N-ethyl adjacent to an activating group) is 1. The molecule has 0 amide bonds. The maximum absolute atomic E-state index is 5.60. The fraction of sp³-hybridized carbons (Fsp3) is 0.261. The minimum absolute atomic E-state index is 0.276. The van der Waals surface area contributed by atoms with Crippen molar-refractivity contribution in [3.63, 3.8) is 0 Å². The third-order valence-electron chi connectivity index (χ3n) is 4.95. The molecule has 0 aliphatic carbocycles. The van der Waals surface area contributed by atoms with Crippen LogP contribution in [0.4, 0.5) is 0 Å². The van der Waals surface area contributed by atoms with E-state index in [1.165, 1.54) is 11.1 Å². The van der Waals surface area contributed by atoms with Gasteiger partial charge in [0.2, 0.25) is 0 Å². The molecule has 0 aliphatic rings. The van der Waals surface area contributed by atoms with Gasteiger partial charge in [0, 0.05) is 24.2 Å². The summed E-state index contributed by atoms with van der Waals surface area (Å²) >= 11 is 0. The zero-order chi connectivity index (χ0) is 20.2. The Morgan fingerprint density at radius 1 is 1.07 bits per heavy atom. The molecule has 0 bridgehead atoms. The van der Waals surface area contributed by atoms with Crippen LogP contribution in [-0.4, -0.2) is 33.0 Å². The van der Waals surface area contributed by atoms with Gasteiger partial charge in [0.15, 0.2) is 5.82 Å². The molecule has 148 valence electrons. The Hall–Kier alpha value is -3.25. The number of aryl methyl sites for hydroxylation is 1. The maximum atomic E-state index is 5.60. The lowest BCUT2D eigenvalue weighted by molar-refractivity contribution is 0.418. The summed E-state index contributed by atoms with van der Waals surface area (Å²) in [7, 11) is 1.93. The van der Waals surface area contributed by atoms with E-state index >= 15 is 0 Å². The van der Waals surface area contributed by atoms with Crippen LogP contribution in [0.5, 0.6) is 0 Å². The lowest BCUT2D eigenvalue weighted by Gasteiger charge is -2.04. The van der Waals surface area contributed by atoms with Gasteiger partial charge in [-0.25, -0.2) is 0 Å². The van der Waals surface area contributed by atoms with E-state index in [-0.39, 0.29) is 6.04 Å². The fourth-order valence-corrected chi connectivity index (χ4v) is 3.18. The highest BCUT2D eigenvalue weighted by Crippen LogP contribution is 2.30. The van der Waals surface area contributed by atoms with Crippen molar-refractivity contribution in [2.45, 2.75) is 32.9 Å². The first-order valence-corrected chi connectivity index (χ1v) is 9.81. The molecule has 6 nitrogen and oxygen atoms in total. The molecule has 6 heteroatoms. The first-order chi connectivity index (χ1) is 14.1. The molecule has 0 spiro atoms. The zero-order valence-electron chi connectivity index (χ0n) is 17.0. The molecule has 0 saturated carbocycles. The second-order valence-corrected chi connectivity index (χ2v) is 7.35. The summed E-state index contributed by atoms with van der Waals surface area (Å²) < 4.78 is 7.53. The molecule has 0 radical (unpaired) electrons. The van der Waals surface area contributed by atoms with Crippen molar-refractivity contribution < 1.29 is 4.52 Å². The average Bonchev–Trinajstić information content (AvgIpc) is 3.36. The van der Waals surface area contributed by atoms with E-state index in [4.69, 9.17) is 9.62 Å². The molecule has 4 rings (SSSR count). The standard InChI is InChI=1S/C23H25N5O/c1-16-9-11-19(12-10-16)22-20(23-25-21(27-29-23)13-17(2)24-3)15-28(26-22)14-18-7-5-4-6-8-18/h4-12,15,17,24H,13-14H2,1-3H3. The van der Waals surface area contributed by atoms with Crippen LogP contribution in [0, 0.1) is 6.92 Å². The first-order valence-electron chi connectivity index (χ1n) is 9.81. The molecular weight excluding hydrogens is 362 g/mol. The Morgan fingerprint density at radius 2 is 1.83 bits per heavy atom. The van der Waals surface area contributed by atoms with Gasteiger partial charge in [-0.1, -0.05) is 65.3 Å². The summed E-state index contributed by atoms with van der Waals surface area (Å²) in [5, 5.41) is 12.2. The van der Waals surface area contributed by atoms with Crippen LogP contribution in [0.1, 0.15) is 23.9 Å². The predicted molar refractivity (Wildman–Crippen MR) is 113 cm³/mol. The van der Waals surface area contributed by atoms with E-state index in [0.29, 0.717) is 24.7 Å². The molecule has 1 unspecified atom stereocenters. The third kappa shape index (κ3) is 4.43. The summed E-state index contributed by atoms with van der Waals surface area (Å²) in [5.74, 6) is 1.19. The number of hydrogen-bond donors (Lipinski definition) is 1. The van der Waals surface area contributed by atoms with E-state index in [1.54, 1.807) is 0 Å². The fourth-order valence-electron chi connectivity index (χ4n) is 3.18. The first kappa shape index (κ1) is 19.1. The Bertz CT molecular complexity index is 1070. The number of benzene rings is 2. The summed E-state index contributed by atoms with van der Waals surface area (Å²) in [5.41, 5.74) is 5.12. The third-order valence-corrected chi connectivity index (χ3v) is 4.95. The van der Waals surface area contributed by atoms with Gasteiger partial charge in [-0.3, -0.25) is 4.68 Å². The molecule has 29 heavy (non-hydrogen) atoms. The average molecular weight is 387 g/mol.